The molecule has 0 saturated heterocycles. The van der Waals surface area contributed by atoms with E-state index in [1.54, 1.807) is 13.2 Å². The molecule has 1 saturated carbocycles. The maximum atomic E-state index is 12.4. The number of carbonyl (C=O) groups excluding carboxylic acids is 2. The highest BCUT2D eigenvalue weighted by Gasteiger charge is 2.37. The number of hydrogen-bond donors (Lipinski definition) is 3. The Morgan fingerprint density at radius 1 is 1.50 bits per heavy atom. The number of hydrogen-bond acceptors (Lipinski definition) is 4. The molecule has 7 nitrogen and oxygen atoms in total. The van der Waals surface area contributed by atoms with Crippen molar-refractivity contribution in [2.45, 2.75) is 44.7 Å². The lowest BCUT2D eigenvalue weighted by atomic mass is 9.74. The zero-order valence-corrected chi connectivity index (χ0v) is 13.8. The first-order valence-electron chi connectivity index (χ1n) is 7.25. The molecule has 124 valence electrons. The third-order valence-corrected chi connectivity index (χ3v) is 4.06. The van der Waals surface area contributed by atoms with Gasteiger partial charge in [-0.1, -0.05) is 12.8 Å². The van der Waals surface area contributed by atoms with E-state index in [1.165, 1.54) is 10.9 Å². The highest BCUT2D eigenvalue weighted by Crippen LogP contribution is 2.32. The second-order valence-corrected chi connectivity index (χ2v) is 5.89. The van der Waals surface area contributed by atoms with Crippen LogP contribution in [0.1, 0.15) is 32.6 Å². The molecule has 1 aliphatic rings. The number of likely N-dealkylation sites (N-methyl/N-ethyl adjacent to an activating group) is 1. The number of nitrogens with zero attached hydrogens (tertiary/aromatic N) is 2. The van der Waals surface area contributed by atoms with Crippen LogP contribution in [0, 0.1) is 5.92 Å². The Bertz CT molecular complexity index is 529. The molecule has 4 N–H and O–H groups in total. The van der Waals surface area contributed by atoms with Crippen LogP contribution in [-0.4, -0.2) is 34.2 Å². The standard InChI is InChI=1S/C14H23N5O2.ClH/c1-14(15)6-4-3-5-11(14)13(21)18-10-7-17-19(8-10)9-12(20)16-2;/h7-8,11H,3-6,9,15H2,1-2H3,(H,16,20)(H,18,21);1H. The van der Waals surface area contributed by atoms with E-state index in [-0.39, 0.29) is 36.7 Å². The van der Waals surface area contributed by atoms with Gasteiger partial charge >= 0.3 is 0 Å². The van der Waals surface area contributed by atoms with E-state index < -0.39 is 5.54 Å². The lowest BCUT2D eigenvalue weighted by Crippen LogP contribution is -2.51. The summed E-state index contributed by atoms with van der Waals surface area (Å²) in [6.45, 7) is 2.07. The van der Waals surface area contributed by atoms with Gasteiger partial charge in [-0.3, -0.25) is 14.3 Å². The molecule has 1 heterocycles. The van der Waals surface area contributed by atoms with E-state index in [2.05, 4.69) is 15.7 Å². The quantitative estimate of drug-likeness (QED) is 0.763. The Kier molecular flexibility index (Phi) is 6.37. The predicted molar refractivity (Wildman–Crippen MR) is 86.7 cm³/mol. The van der Waals surface area contributed by atoms with Crippen LogP contribution in [0.25, 0.3) is 0 Å². The number of anilines is 1. The van der Waals surface area contributed by atoms with Crippen molar-refractivity contribution in [1.82, 2.24) is 15.1 Å². The van der Waals surface area contributed by atoms with Crippen LogP contribution in [0.15, 0.2) is 12.4 Å². The molecule has 1 fully saturated rings. The van der Waals surface area contributed by atoms with Crippen LogP contribution in [0.3, 0.4) is 0 Å². The van der Waals surface area contributed by atoms with Gasteiger partial charge in [0.05, 0.1) is 17.8 Å². The SMILES string of the molecule is CNC(=O)Cn1cc(NC(=O)C2CCCCC2(C)N)cn1.Cl. The van der Waals surface area contributed by atoms with Crippen molar-refractivity contribution in [3.63, 3.8) is 0 Å². The van der Waals surface area contributed by atoms with Crippen molar-refractivity contribution >= 4 is 29.9 Å². The van der Waals surface area contributed by atoms with Gasteiger partial charge in [0.15, 0.2) is 0 Å². The fourth-order valence-corrected chi connectivity index (χ4v) is 2.76. The van der Waals surface area contributed by atoms with E-state index in [0.717, 1.165) is 25.7 Å². The predicted octanol–water partition coefficient (Wildman–Crippen LogP) is 0.897. The molecule has 0 radical (unpaired) electrons. The zero-order valence-electron chi connectivity index (χ0n) is 13.0. The average molecular weight is 330 g/mol. The summed E-state index contributed by atoms with van der Waals surface area (Å²) in [5.74, 6) is -0.398. The van der Waals surface area contributed by atoms with Crippen LogP contribution in [0.5, 0.6) is 0 Å². The molecule has 1 aliphatic carbocycles. The summed E-state index contributed by atoms with van der Waals surface area (Å²) >= 11 is 0. The maximum absolute atomic E-state index is 12.4. The van der Waals surface area contributed by atoms with Gasteiger partial charge in [-0.15, -0.1) is 12.4 Å². The number of aromatic nitrogens is 2. The molecular formula is C14H24ClN5O2. The maximum Gasteiger partial charge on any atom is 0.241 e. The highest BCUT2D eigenvalue weighted by atomic mass is 35.5. The van der Waals surface area contributed by atoms with Crippen molar-refractivity contribution in [3.8, 4) is 0 Å². The number of carbonyl (C=O) groups is 2. The van der Waals surface area contributed by atoms with Gasteiger partial charge in [0.25, 0.3) is 0 Å². The first-order valence-corrected chi connectivity index (χ1v) is 7.25. The fraction of sp³-hybridized carbons (Fsp3) is 0.643. The molecule has 0 bridgehead atoms. The molecular weight excluding hydrogens is 306 g/mol. The summed E-state index contributed by atoms with van der Waals surface area (Å²) in [6, 6.07) is 0. The van der Waals surface area contributed by atoms with Crippen LogP contribution in [-0.2, 0) is 16.1 Å². The number of amides is 2. The molecule has 0 aromatic carbocycles. The van der Waals surface area contributed by atoms with E-state index in [4.69, 9.17) is 5.73 Å². The summed E-state index contributed by atoms with van der Waals surface area (Å²) in [5.41, 5.74) is 6.36. The molecule has 2 rings (SSSR count). The monoisotopic (exact) mass is 329 g/mol. The number of halogens is 1. The minimum Gasteiger partial charge on any atom is -0.358 e. The summed E-state index contributed by atoms with van der Waals surface area (Å²) in [5, 5.41) is 9.42. The Morgan fingerprint density at radius 2 is 2.23 bits per heavy atom. The van der Waals surface area contributed by atoms with Crippen LogP contribution in [0.4, 0.5) is 5.69 Å². The summed E-state index contributed by atoms with van der Waals surface area (Å²) in [4.78, 5) is 23.6. The lowest BCUT2D eigenvalue weighted by Gasteiger charge is -2.37. The Labute approximate surface area is 136 Å². The summed E-state index contributed by atoms with van der Waals surface area (Å²) in [6.07, 6.45) is 6.95. The van der Waals surface area contributed by atoms with Crippen molar-refractivity contribution in [2.24, 2.45) is 11.7 Å². The van der Waals surface area contributed by atoms with Crippen LogP contribution >= 0.6 is 12.4 Å². The van der Waals surface area contributed by atoms with Crippen molar-refractivity contribution in [3.05, 3.63) is 12.4 Å². The minimum atomic E-state index is -0.458. The molecule has 22 heavy (non-hydrogen) atoms. The second kappa shape index (κ2) is 7.60. The van der Waals surface area contributed by atoms with Crippen molar-refractivity contribution in [1.29, 1.82) is 0 Å². The van der Waals surface area contributed by atoms with Crippen molar-refractivity contribution in [2.75, 3.05) is 12.4 Å². The van der Waals surface area contributed by atoms with Crippen LogP contribution in [0.2, 0.25) is 0 Å². The molecule has 0 aliphatic heterocycles. The third kappa shape index (κ3) is 4.45. The number of nitrogens with two attached hydrogens (primary N) is 1. The third-order valence-electron chi connectivity index (χ3n) is 4.06. The van der Waals surface area contributed by atoms with Crippen molar-refractivity contribution < 1.29 is 9.59 Å². The number of nitrogens with one attached hydrogen (secondary N) is 2. The van der Waals surface area contributed by atoms with Gasteiger partial charge in [-0.2, -0.15) is 5.10 Å². The highest BCUT2D eigenvalue weighted by molar-refractivity contribution is 5.93. The Hall–Kier alpha value is -1.60. The topological polar surface area (TPSA) is 102 Å². The van der Waals surface area contributed by atoms with Gasteiger partial charge in [0.2, 0.25) is 11.8 Å². The van der Waals surface area contributed by atoms with Gasteiger partial charge in [0.1, 0.15) is 6.54 Å². The molecule has 0 spiro atoms. The summed E-state index contributed by atoms with van der Waals surface area (Å²) < 4.78 is 1.48. The summed E-state index contributed by atoms with van der Waals surface area (Å²) in [7, 11) is 1.57. The lowest BCUT2D eigenvalue weighted by molar-refractivity contribution is -0.123. The Balaban J connectivity index is 0.00000242. The zero-order chi connectivity index (χ0) is 15.5. The molecule has 1 aromatic rings. The largest absolute Gasteiger partial charge is 0.358 e. The molecule has 2 atom stereocenters. The van der Waals surface area contributed by atoms with Crippen LogP contribution < -0.4 is 16.4 Å². The van der Waals surface area contributed by atoms with E-state index in [0.29, 0.717) is 5.69 Å². The molecule has 2 amide bonds. The normalized spacial score (nSPS) is 24.2. The minimum absolute atomic E-state index is 0. The number of rotatable bonds is 4. The van der Waals surface area contributed by atoms with Gasteiger partial charge in [-0.05, 0) is 19.8 Å². The van der Waals surface area contributed by atoms with E-state index in [1.807, 2.05) is 6.92 Å². The van der Waals surface area contributed by atoms with Gasteiger partial charge in [-0.25, -0.2) is 0 Å². The van der Waals surface area contributed by atoms with Gasteiger partial charge < -0.3 is 16.4 Å². The first-order chi connectivity index (χ1) is 9.92. The Morgan fingerprint density at radius 3 is 2.86 bits per heavy atom. The van der Waals surface area contributed by atoms with E-state index >= 15 is 0 Å². The smallest absolute Gasteiger partial charge is 0.241 e. The second-order valence-electron chi connectivity index (χ2n) is 5.89. The fourth-order valence-electron chi connectivity index (χ4n) is 2.76. The molecule has 8 heteroatoms. The van der Waals surface area contributed by atoms with E-state index in [9.17, 15) is 9.59 Å². The first kappa shape index (κ1) is 18.4. The van der Waals surface area contributed by atoms with Gasteiger partial charge in [0, 0.05) is 18.8 Å². The molecule has 1 aromatic heterocycles. The average Bonchev–Trinajstić information content (AvgIpc) is 2.85. The molecule has 2 unspecified atom stereocenters.